The van der Waals surface area contributed by atoms with Crippen molar-refractivity contribution >= 4 is 5.69 Å². The van der Waals surface area contributed by atoms with E-state index in [1.165, 1.54) is 19.1 Å². The van der Waals surface area contributed by atoms with Gasteiger partial charge in [-0.25, -0.2) is 0 Å². The summed E-state index contributed by atoms with van der Waals surface area (Å²) in [5, 5.41) is 10.3. The van der Waals surface area contributed by atoms with E-state index in [0.29, 0.717) is 0 Å². The van der Waals surface area contributed by atoms with Crippen molar-refractivity contribution in [1.29, 1.82) is 0 Å². The van der Waals surface area contributed by atoms with Gasteiger partial charge in [-0.3, -0.25) is 14.5 Å². The van der Waals surface area contributed by atoms with E-state index in [-0.39, 0.29) is 11.5 Å². The summed E-state index contributed by atoms with van der Waals surface area (Å²) in [6.45, 7) is 0.570. The third-order valence-electron chi connectivity index (χ3n) is 1.84. The van der Waals surface area contributed by atoms with Crippen LogP contribution < -0.4 is 0 Å². The van der Waals surface area contributed by atoms with Crippen molar-refractivity contribution in [3.8, 4) is 0 Å². The van der Waals surface area contributed by atoms with E-state index in [4.69, 9.17) is 0 Å². The van der Waals surface area contributed by atoms with Crippen LogP contribution in [0.3, 0.4) is 0 Å². The molecule has 75 valence electrons. The van der Waals surface area contributed by atoms with Crippen LogP contribution in [-0.2, 0) is 0 Å². The first kappa shape index (κ1) is 10.6. The summed E-state index contributed by atoms with van der Waals surface area (Å²) >= 11 is 0. The van der Waals surface area contributed by atoms with E-state index in [9.17, 15) is 18.9 Å². The number of rotatable bonds is 3. The van der Waals surface area contributed by atoms with E-state index >= 15 is 0 Å². The lowest BCUT2D eigenvalue weighted by Gasteiger charge is -2.06. The first-order chi connectivity index (χ1) is 6.57. The second kappa shape index (κ2) is 4.13. The van der Waals surface area contributed by atoms with Gasteiger partial charge in [0.15, 0.2) is 0 Å². The fourth-order valence-electron chi connectivity index (χ4n) is 1.06. The molecule has 0 spiro atoms. The molecule has 3 nitrogen and oxygen atoms in total. The molecule has 0 saturated carbocycles. The zero-order valence-electron chi connectivity index (χ0n) is 7.46. The van der Waals surface area contributed by atoms with Gasteiger partial charge in [0.25, 0.3) is 0 Å². The van der Waals surface area contributed by atoms with Crippen LogP contribution in [0.5, 0.6) is 0 Å². The van der Waals surface area contributed by atoms with Crippen molar-refractivity contribution in [2.24, 2.45) is 0 Å². The number of nitro benzene ring substituents is 1. The number of hydrogen-bond donors (Lipinski definition) is 0. The van der Waals surface area contributed by atoms with Crippen LogP contribution in [0.4, 0.5) is 14.5 Å². The second-order valence-corrected chi connectivity index (χ2v) is 2.81. The summed E-state index contributed by atoms with van der Waals surface area (Å²) in [6, 6.07) is 3.69. The Morgan fingerprint density at radius 1 is 1.57 bits per heavy atom. The number of nitrogens with zero attached hydrogens (tertiary/aromatic N) is 1. The largest absolute Gasteiger partial charge is 0.305 e. The highest BCUT2D eigenvalue weighted by atomic mass is 19.1. The van der Waals surface area contributed by atoms with Gasteiger partial charge < -0.3 is 0 Å². The SMILES string of the molecule is C[C](CF)c1cccc([N+](=O)[O-])c1F. The van der Waals surface area contributed by atoms with Gasteiger partial charge >= 0.3 is 5.69 Å². The van der Waals surface area contributed by atoms with E-state index in [2.05, 4.69) is 0 Å². The molecule has 0 aliphatic carbocycles. The molecule has 0 amide bonds. The zero-order chi connectivity index (χ0) is 10.7. The molecule has 1 radical (unpaired) electrons. The fraction of sp³-hybridized carbons (Fsp3) is 0.222. The summed E-state index contributed by atoms with van der Waals surface area (Å²) < 4.78 is 25.5. The topological polar surface area (TPSA) is 43.1 Å². The molecule has 1 aromatic carbocycles. The van der Waals surface area contributed by atoms with Crippen LogP contribution in [0, 0.1) is 21.8 Å². The lowest BCUT2D eigenvalue weighted by Crippen LogP contribution is -2.03. The third kappa shape index (κ3) is 1.86. The van der Waals surface area contributed by atoms with Crippen molar-refractivity contribution in [3.05, 3.63) is 45.6 Å². The summed E-state index contributed by atoms with van der Waals surface area (Å²) in [5.41, 5.74) is -0.669. The van der Waals surface area contributed by atoms with Crippen molar-refractivity contribution in [3.63, 3.8) is 0 Å². The fourth-order valence-corrected chi connectivity index (χ4v) is 1.06. The van der Waals surface area contributed by atoms with Crippen molar-refractivity contribution in [2.75, 3.05) is 6.67 Å². The normalized spacial score (nSPS) is 10.6. The summed E-state index contributed by atoms with van der Waals surface area (Å²) in [5.74, 6) is -0.834. The Kier molecular flexibility index (Phi) is 3.11. The van der Waals surface area contributed by atoms with Crippen LogP contribution in [0.2, 0.25) is 0 Å². The third-order valence-corrected chi connectivity index (χ3v) is 1.84. The van der Waals surface area contributed by atoms with Crippen LogP contribution in [0.25, 0.3) is 0 Å². The molecule has 0 unspecified atom stereocenters. The Labute approximate surface area is 79.5 Å². The predicted molar refractivity (Wildman–Crippen MR) is 47.0 cm³/mol. The molecule has 0 aromatic heterocycles. The smallest absolute Gasteiger partial charge is 0.258 e. The summed E-state index contributed by atoms with van der Waals surface area (Å²) in [4.78, 5) is 9.52. The molecular formula is C9H8F2NO2. The van der Waals surface area contributed by atoms with Gasteiger partial charge in [-0.05, 0) is 0 Å². The van der Waals surface area contributed by atoms with E-state index in [1.807, 2.05) is 0 Å². The maximum Gasteiger partial charge on any atom is 0.305 e. The maximum atomic E-state index is 13.3. The monoisotopic (exact) mass is 200 g/mol. The van der Waals surface area contributed by atoms with Crippen LogP contribution in [0.1, 0.15) is 12.5 Å². The molecule has 0 atom stereocenters. The molecule has 0 fully saturated rings. The van der Waals surface area contributed by atoms with Gasteiger partial charge in [0, 0.05) is 17.5 Å². The number of halogens is 2. The average Bonchev–Trinajstić information content (AvgIpc) is 2.16. The molecule has 0 aliphatic heterocycles. The van der Waals surface area contributed by atoms with Gasteiger partial charge in [0.1, 0.15) is 0 Å². The van der Waals surface area contributed by atoms with E-state index < -0.39 is 23.1 Å². The lowest BCUT2D eigenvalue weighted by atomic mass is 10.0. The Morgan fingerprint density at radius 3 is 2.71 bits per heavy atom. The highest BCUT2D eigenvalue weighted by Gasteiger charge is 2.20. The first-order valence-corrected chi connectivity index (χ1v) is 3.89. The molecule has 14 heavy (non-hydrogen) atoms. The quantitative estimate of drug-likeness (QED) is 0.556. The number of hydrogen-bond acceptors (Lipinski definition) is 2. The molecule has 1 rings (SSSR count). The maximum absolute atomic E-state index is 13.3. The van der Waals surface area contributed by atoms with E-state index in [0.717, 1.165) is 6.07 Å². The summed E-state index contributed by atoms with van der Waals surface area (Å²) in [7, 11) is 0. The van der Waals surface area contributed by atoms with Crippen molar-refractivity contribution in [2.45, 2.75) is 6.92 Å². The van der Waals surface area contributed by atoms with Crippen molar-refractivity contribution in [1.82, 2.24) is 0 Å². The Morgan fingerprint density at radius 2 is 2.21 bits per heavy atom. The molecule has 0 N–H and O–H groups in total. The van der Waals surface area contributed by atoms with Gasteiger partial charge in [-0.2, -0.15) is 4.39 Å². The van der Waals surface area contributed by atoms with Crippen LogP contribution in [0.15, 0.2) is 18.2 Å². The molecule has 0 bridgehead atoms. The average molecular weight is 200 g/mol. The Hall–Kier alpha value is -1.52. The molecule has 5 heteroatoms. The first-order valence-electron chi connectivity index (χ1n) is 3.89. The van der Waals surface area contributed by atoms with Gasteiger partial charge in [-0.15, -0.1) is 0 Å². The van der Waals surface area contributed by atoms with Crippen molar-refractivity contribution < 1.29 is 13.7 Å². The van der Waals surface area contributed by atoms with Gasteiger partial charge in [-0.1, -0.05) is 19.1 Å². The molecule has 0 aliphatic rings. The minimum Gasteiger partial charge on any atom is -0.258 e. The minimum absolute atomic E-state index is 0.0401. The lowest BCUT2D eigenvalue weighted by molar-refractivity contribution is -0.387. The van der Waals surface area contributed by atoms with Crippen LogP contribution >= 0.6 is 0 Å². The zero-order valence-corrected chi connectivity index (χ0v) is 7.46. The summed E-state index contributed by atoms with van der Waals surface area (Å²) in [6.07, 6.45) is 0. The highest BCUT2D eigenvalue weighted by Crippen LogP contribution is 2.25. The minimum atomic E-state index is -0.979. The Balaban J connectivity index is 3.20. The molecule has 0 saturated heterocycles. The predicted octanol–water partition coefficient (Wildman–Crippen LogP) is 2.65. The van der Waals surface area contributed by atoms with Crippen LogP contribution in [-0.4, -0.2) is 11.6 Å². The second-order valence-electron chi connectivity index (χ2n) is 2.81. The van der Waals surface area contributed by atoms with E-state index in [1.54, 1.807) is 0 Å². The molecule has 1 aromatic rings. The number of benzene rings is 1. The van der Waals surface area contributed by atoms with Gasteiger partial charge in [0.2, 0.25) is 5.82 Å². The molecular weight excluding hydrogens is 192 g/mol. The van der Waals surface area contributed by atoms with Gasteiger partial charge in [0.05, 0.1) is 11.6 Å². The number of nitro groups is 1. The Bertz CT molecular complexity index is 355. The standard InChI is InChI=1S/C9H8F2NO2/c1-6(5-10)7-3-2-4-8(9(7)11)12(13)14/h2-4H,5H2,1H3. The molecule has 0 heterocycles. The highest BCUT2D eigenvalue weighted by molar-refractivity contribution is 5.42. The number of alkyl halides is 1.